The van der Waals surface area contributed by atoms with Crippen LogP contribution in [0.2, 0.25) is 0 Å². The molecule has 1 unspecified atom stereocenters. The van der Waals surface area contributed by atoms with Crippen molar-refractivity contribution in [2.75, 3.05) is 31.1 Å². The second kappa shape index (κ2) is 9.26. The first-order valence-corrected chi connectivity index (χ1v) is 11.0. The average Bonchev–Trinajstić information content (AvgIpc) is 3.44. The zero-order valence-electron chi connectivity index (χ0n) is 18.6. The molecule has 0 bridgehead atoms. The van der Waals surface area contributed by atoms with Crippen LogP contribution in [0.25, 0.3) is 22.8 Å². The summed E-state index contributed by atoms with van der Waals surface area (Å²) in [5, 5.41) is 13.0. The minimum Gasteiger partial charge on any atom is -0.463 e. The number of aromatic nitrogens is 5. The maximum atomic E-state index is 13.1. The second-order valence-electron chi connectivity index (χ2n) is 7.96. The van der Waals surface area contributed by atoms with Gasteiger partial charge in [-0.25, -0.2) is 4.68 Å². The van der Waals surface area contributed by atoms with E-state index in [0.717, 1.165) is 11.5 Å². The molecule has 172 valence electrons. The number of hydrogen-bond acceptors (Lipinski definition) is 8. The van der Waals surface area contributed by atoms with E-state index in [2.05, 4.69) is 25.2 Å². The van der Waals surface area contributed by atoms with Gasteiger partial charge in [0.1, 0.15) is 17.4 Å². The molecule has 0 N–H and O–H groups in total. The smallest absolute Gasteiger partial charge is 0.267 e. The van der Waals surface area contributed by atoms with Crippen molar-refractivity contribution in [1.29, 1.82) is 0 Å². The van der Waals surface area contributed by atoms with Crippen LogP contribution in [0.3, 0.4) is 0 Å². The van der Waals surface area contributed by atoms with Gasteiger partial charge in [-0.2, -0.15) is 5.10 Å². The molecule has 0 saturated carbocycles. The maximum Gasteiger partial charge on any atom is 0.267 e. The summed E-state index contributed by atoms with van der Waals surface area (Å²) in [5.74, 6) is 1.14. The number of piperazine rings is 1. The zero-order chi connectivity index (χ0) is 23.5. The summed E-state index contributed by atoms with van der Waals surface area (Å²) in [6, 6.07) is 15.2. The fourth-order valence-electron chi connectivity index (χ4n) is 3.93. The Hall–Kier alpha value is -4.34. The van der Waals surface area contributed by atoms with Gasteiger partial charge in [0, 0.05) is 38.4 Å². The molecule has 4 aromatic heterocycles. The Morgan fingerprint density at radius 3 is 2.41 bits per heavy atom. The molecule has 34 heavy (non-hydrogen) atoms. The van der Waals surface area contributed by atoms with Crippen molar-refractivity contribution < 1.29 is 9.21 Å². The lowest BCUT2D eigenvalue weighted by molar-refractivity contribution is -0.135. The van der Waals surface area contributed by atoms with E-state index in [1.165, 1.54) is 17.0 Å². The summed E-state index contributed by atoms with van der Waals surface area (Å²) >= 11 is 0. The highest BCUT2D eigenvalue weighted by Gasteiger charge is 2.28. The van der Waals surface area contributed by atoms with Gasteiger partial charge < -0.3 is 14.2 Å². The van der Waals surface area contributed by atoms with Crippen molar-refractivity contribution in [3.05, 3.63) is 77.4 Å². The number of furan rings is 1. The van der Waals surface area contributed by atoms with E-state index >= 15 is 0 Å². The van der Waals surface area contributed by atoms with Crippen LogP contribution in [0.5, 0.6) is 0 Å². The molecule has 0 aliphatic carbocycles. The molecular weight excluding hydrogens is 434 g/mol. The Bertz CT molecular complexity index is 1310. The third-order valence-corrected chi connectivity index (χ3v) is 5.82. The normalized spacial score (nSPS) is 14.7. The van der Waals surface area contributed by atoms with Crippen LogP contribution in [-0.2, 0) is 4.79 Å². The minimum atomic E-state index is -0.730. The zero-order valence-corrected chi connectivity index (χ0v) is 18.6. The second-order valence-corrected chi connectivity index (χ2v) is 7.96. The largest absolute Gasteiger partial charge is 0.463 e. The van der Waals surface area contributed by atoms with Crippen molar-refractivity contribution >= 4 is 11.7 Å². The molecular formula is C24H23N7O3. The lowest BCUT2D eigenvalue weighted by Gasteiger charge is -2.36. The van der Waals surface area contributed by atoms with Gasteiger partial charge in [-0.3, -0.25) is 14.6 Å². The quantitative estimate of drug-likeness (QED) is 0.449. The highest BCUT2D eigenvalue weighted by atomic mass is 16.3. The monoisotopic (exact) mass is 457 g/mol. The van der Waals surface area contributed by atoms with E-state index < -0.39 is 6.04 Å². The first-order chi connectivity index (χ1) is 16.6. The van der Waals surface area contributed by atoms with Crippen molar-refractivity contribution in [3.8, 4) is 22.8 Å². The fourth-order valence-corrected chi connectivity index (χ4v) is 3.93. The summed E-state index contributed by atoms with van der Waals surface area (Å²) in [6.07, 6.45) is 3.26. The molecule has 5 heterocycles. The van der Waals surface area contributed by atoms with Gasteiger partial charge >= 0.3 is 0 Å². The minimum absolute atomic E-state index is 0.151. The number of pyridine rings is 1. The molecule has 1 saturated heterocycles. The predicted molar refractivity (Wildman–Crippen MR) is 125 cm³/mol. The van der Waals surface area contributed by atoms with E-state index in [0.29, 0.717) is 43.3 Å². The molecule has 1 fully saturated rings. The van der Waals surface area contributed by atoms with Gasteiger partial charge in [0.15, 0.2) is 11.6 Å². The number of rotatable bonds is 5. The molecule has 4 aromatic rings. The third-order valence-electron chi connectivity index (χ3n) is 5.82. The van der Waals surface area contributed by atoms with Crippen LogP contribution in [0.1, 0.15) is 13.0 Å². The van der Waals surface area contributed by atoms with Crippen LogP contribution in [0.4, 0.5) is 5.82 Å². The lowest BCUT2D eigenvalue weighted by atomic mass is 10.2. The van der Waals surface area contributed by atoms with Crippen LogP contribution in [0, 0.1) is 0 Å². The molecule has 0 spiro atoms. The summed E-state index contributed by atoms with van der Waals surface area (Å²) in [5.41, 5.74) is 1.65. The highest BCUT2D eigenvalue weighted by Crippen LogP contribution is 2.20. The molecule has 10 nitrogen and oxygen atoms in total. The predicted octanol–water partition coefficient (Wildman–Crippen LogP) is 2.27. The SMILES string of the molecule is CC(C(=O)N1CCN(c2ccc(-c3ccccn3)nn2)CC1)n1nc(-c2ccco2)ccc1=O. The van der Waals surface area contributed by atoms with Crippen LogP contribution >= 0.6 is 0 Å². The maximum absolute atomic E-state index is 13.1. The summed E-state index contributed by atoms with van der Waals surface area (Å²) in [7, 11) is 0. The van der Waals surface area contributed by atoms with Crippen LogP contribution < -0.4 is 10.5 Å². The Morgan fingerprint density at radius 1 is 0.912 bits per heavy atom. The molecule has 1 aliphatic rings. The summed E-state index contributed by atoms with van der Waals surface area (Å²) in [6.45, 7) is 3.95. The van der Waals surface area contributed by atoms with Gasteiger partial charge in [0.05, 0.1) is 12.0 Å². The van der Waals surface area contributed by atoms with Gasteiger partial charge in [-0.1, -0.05) is 6.07 Å². The van der Waals surface area contributed by atoms with Gasteiger partial charge in [-0.05, 0) is 49.4 Å². The summed E-state index contributed by atoms with van der Waals surface area (Å²) < 4.78 is 6.58. The number of anilines is 1. The molecule has 10 heteroatoms. The number of carbonyl (C=O) groups is 1. The first-order valence-electron chi connectivity index (χ1n) is 11.0. The number of carbonyl (C=O) groups excluding carboxylic acids is 1. The molecule has 1 atom stereocenters. The van der Waals surface area contributed by atoms with E-state index in [4.69, 9.17) is 4.42 Å². The van der Waals surface area contributed by atoms with Crippen LogP contribution in [0.15, 0.2) is 76.3 Å². The van der Waals surface area contributed by atoms with E-state index in [9.17, 15) is 9.59 Å². The molecule has 1 aliphatic heterocycles. The van der Waals surface area contributed by atoms with E-state index in [-0.39, 0.29) is 11.5 Å². The van der Waals surface area contributed by atoms with Crippen molar-refractivity contribution in [1.82, 2.24) is 29.9 Å². The standard InChI is InChI=1S/C24H23N7O3/c1-17(31-23(32)10-8-20(28-31)21-6-4-16-34-21)24(33)30-14-12-29(13-15-30)22-9-7-19(26-27-22)18-5-2-3-11-25-18/h2-11,16-17H,12-15H2,1H3. The lowest BCUT2D eigenvalue weighted by Crippen LogP contribution is -2.51. The van der Waals surface area contributed by atoms with Crippen molar-refractivity contribution in [2.45, 2.75) is 13.0 Å². The Labute approximate surface area is 195 Å². The first kappa shape index (κ1) is 21.5. The number of nitrogens with zero attached hydrogens (tertiary/aromatic N) is 7. The van der Waals surface area contributed by atoms with Gasteiger partial charge in [0.25, 0.3) is 5.56 Å². The average molecular weight is 457 g/mol. The van der Waals surface area contributed by atoms with E-state index in [1.807, 2.05) is 30.3 Å². The van der Waals surface area contributed by atoms with Crippen molar-refractivity contribution in [2.24, 2.45) is 0 Å². The Balaban J connectivity index is 1.24. The molecule has 0 radical (unpaired) electrons. The number of hydrogen-bond donors (Lipinski definition) is 0. The topological polar surface area (TPSA) is 110 Å². The number of amides is 1. The third kappa shape index (κ3) is 4.29. The Kier molecular flexibility index (Phi) is 5.86. The van der Waals surface area contributed by atoms with E-state index in [1.54, 1.807) is 36.2 Å². The Morgan fingerprint density at radius 2 is 1.74 bits per heavy atom. The molecule has 5 rings (SSSR count). The van der Waals surface area contributed by atoms with Crippen molar-refractivity contribution in [3.63, 3.8) is 0 Å². The summed E-state index contributed by atoms with van der Waals surface area (Å²) in [4.78, 5) is 33.7. The fraction of sp³-hybridized carbons (Fsp3) is 0.250. The van der Waals surface area contributed by atoms with Crippen LogP contribution in [-0.4, -0.2) is 61.9 Å². The van der Waals surface area contributed by atoms with Gasteiger partial charge in [0.2, 0.25) is 5.91 Å². The molecule has 0 aromatic carbocycles. The highest BCUT2D eigenvalue weighted by molar-refractivity contribution is 5.80. The molecule has 1 amide bonds. The van der Waals surface area contributed by atoms with Gasteiger partial charge in [-0.15, -0.1) is 10.2 Å².